The van der Waals surface area contributed by atoms with Gasteiger partial charge in [0.25, 0.3) is 0 Å². The molecule has 0 aliphatic heterocycles. The van der Waals surface area contributed by atoms with Crippen LogP contribution in [0.15, 0.2) is 30.3 Å². The Balaban J connectivity index is 2.50. The summed E-state index contributed by atoms with van der Waals surface area (Å²) in [5.41, 5.74) is 6.87. The highest BCUT2D eigenvalue weighted by atomic mass is 32.2. The number of sulfonamides is 1. The minimum Gasteiger partial charge on any atom is -0.323 e. The van der Waals surface area contributed by atoms with E-state index in [0.717, 1.165) is 12.0 Å². The fourth-order valence-corrected chi connectivity index (χ4v) is 3.12. The monoisotopic (exact) mass is 270 g/mol. The van der Waals surface area contributed by atoms with Crippen LogP contribution in [-0.4, -0.2) is 20.7 Å². The number of rotatable bonds is 7. The first-order chi connectivity index (χ1) is 8.44. The fourth-order valence-electron chi connectivity index (χ4n) is 1.59. The SMILES string of the molecule is CC[C@H](C)CS(=O)(=O)NC[C@@H](N)c1ccccc1. The Labute approximate surface area is 110 Å². The van der Waals surface area contributed by atoms with Crippen LogP contribution in [0.2, 0.25) is 0 Å². The summed E-state index contributed by atoms with van der Waals surface area (Å²) in [5.74, 6) is 0.320. The fraction of sp³-hybridized carbons (Fsp3) is 0.538. The van der Waals surface area contributed by atoms with E-state index in [2.05, 4.69) is 4.72 Å². The summed E-state index contributed by atoms with van der Waals surface area (Å²) in [6, 6.07) is 9.17. The lowest BCUT2D eigenvalue weighted by Gasteiger charge is -2.15. The van der Waals surface area contributed by atoms with Crippen LogP contribution >= 0.6 is 0 Å². The number of benzene rings is 1. The Kier molecular flexibility index (Phi) is 5.78. The van der Waals surface area contributed by atoms with Crippen molar-refractivity contribution in [3.05, 3.63) is 35.9 Å². The van der Waals surface area contributed by atoms with E-state index in [1.165, 1.54) is 0 Å². The normalized spacial score (nSPS) is 15.3. The molecule has 5 heteroatoms. The first-order valence-corrected chi connectivity index (χ1v) is 7.87. The van der Waals surface area contributed by atoms with Crippen LogP contribution in [0.25, 0.3) is 0 Å². The third-order valence-electron chi connectivity index (χ3n) is 2.95. The summed E-state index contributed by atoms with van der Waals surface area (Å²) in [5, 5.41) is 0. The van der Waals surface area contributed by atoms with Crippen molar-refractivity contribution in [2.75, 3.05) is 12.3 Å². The maximum Gasteiger partial charge on any atom is 0.211 e. The maximum absolute atomic E-state index is 11.8. The van der Waals surface area contributed by atoms with Crippen LogP contribution in [0.3, 0.4) is 0 Å². The third-order valence-corrected chi connectivity index (χ3v) is 4.57. The van der Waals surface area contributed by atoms with Gasteiger partial charge in [-0.25, -0.2) is 13.1 Å². The molecule has 0 radical (unpaired) electrons. The van der Waals surface area contributed by atoms with Crippen molar-refractivity contribution in [2.24, 2.45) is 11.7 Å². The number of hydrogen-bond acceptors (Lipinski definition) is 3. The second kappa shape index (κ2) is 6.87. The van der Waals surface area contributed by atoms with Crippen LogP contribution in [0, 0.1) is 5.92 Å². The van der Waals surface area contributed by atoms with Crippen LogP contribution in [0.5, 0.6) is 0 Å². The molecule has 102 valence electrons. The second-order valence-corrected chi connectivity index (χ2v) is 6.51. The Morgan fingerprint density at radius 1 is 1.28 bits per heavy atom. The molecule has 0 amide bonds. The van der Waals surface area contributed by atoms with Crippen LogP contribution in [-0.2, 0) is 10.0 Å². The largest absolute Gasteiger partial charge is 0.323 e. The molecule has 0 heterocycles. The smallest absolute Gasteiger partial charge is 0.211 e. The highest BCUT2D eigenvalue weighted by Crippen LogP contribution is 2.09. The summed E-state index contributed by atoms with van der Waals surface area (Å²) >= 11 is 0. The summed E-state index contributed by atoms with van der Waals surface area (Å²) in [4.78, 5) is 0. The van der Waals surface area contributed by atoms with Crippen molar-refractivity contribution >= 4 is 10.0 Å². The van der Waals surface area contributed by atoms with E-state index in [0.29, 0.717) is 0 Å². The number of nitrogens with two attached hydrogens (primary N) is 1. The lowest BCUT2D eigenvalue weighted by Crippen LogP contribution is -2.34. The van der Waals surface area contributed by atoms with E-state index in [-0.39, 0.29) is 24.3 Å². The molecule has 0 spiro atoms. The lowest BCUT2D eigenvalue weighted by molar-refractivity contribution is 0.546. The molecular formula is C13H22N2O2S. The molecule has 0 fully saturated rings. The summed E-state index contributed by atoms with van der Waals surface area (Å²) < 4.78 is 26.1. The minimum atomic E-state index is -3.23. The first-order valence-electron chi connectivity index (χ1n) is 6.22. The minimum absolute atomic E-state index is 0.158. The van der Waals surface area contributed by atoms with E-state index in [1.54, 1.807) is 0 Å². The van der Waals surface area contributed by atoms with Gasteiger partial charge in [-0.15, -0.1) is 0 Å². The third kappa shape index (κ3) is 5.16. The lowest BCUT2D eigenvalue weighted by atomic mass is 10.1. The Morgan fingerprint density at radius 3 is 2.44 bits per heavy atom. The summed E-state index contributed by atoms with van der Waals surface area (Å²) in [6.07, 6.45) is 0.853. The average molecular weight is 270 g/mol. The van der Waals surface area contributed by atoms with E-state index >= 15 is 0 Å². The number of nitrogens with one attached hydrogen (secondary N) is 1. The topological polar surface area (TPSA) is 72.2 Å². The molecule has 0 saturated heterocycles. The van der Waals surface area contributed by atoms with Crippen LogP contribution < -0.4 is 10.5 Å². The molecule has 1 aromatic rings. The van der Waals surface area contributed by atoms with Gasteiger partial charge >= 0.3 is 0 Å². The zero-order chi connectivity index (χ0) is 13.6. The predicted octanol–water partition coefficient (Wildman–Crippen LogP) is 1.65. The molecule has 1 rings (SSSR count). The Morgan fingerprint density at radius 2 is 1.89 bits per heavy atom. The molecule has 0 bridgehead atoms. The Hall–Kier alpha value is -0.910. The van der Waals surface area contributed by atoms with Crippen molar-refractivity contribution in [1.82, 2.24) is 4.72 Å². The molecule has 0 unspecified atom stereocenters. The van der Waals surface area contributed by atoms with Crippen LogP contribution in [0.1, 0.15) is 31.9 Å². The van der Waals surface area contributed by atoms with Gasteiger partial charge in [0.05, 0.1) is 5.75 Å². The highest BCUT2D eigenvalue weighted by Gasteiger charge is 2.16. The highest BCUT2D eigenvalue weighted by molar-refractivity contribution is 7.89. The summed E-state index contributed by atoms with van der Waals surface area (Å²) in [7, 11) is -3.23. The molecular weight excluding hydrogens is 248 g/mol. The Bertz CT molecular complexity index is 445. The van der Waals surface area contributed by atoms with Gasteiger partial charge in [-0.3, -0.25) is 0 Å². The molecule has 0 aliphatic rings. The van der Waals surface area contributed by atoms with Gasteiger partial charge in [0.15, 0.2) is 0 Å². The van der Waals surface area contributed by atoms with Gasteiger partial charge in [0.1, 0.15) is 0 Å². The quantitative estimate of drug-likeness (QED) is 0.791. The van der Waals surface area contributed by atoms with Crippen molar-refractivity contribution < 1.29 is 8.42 Å². The first kappa shape index (κ1) is 15.1. The maximum atomic E-state index is 11.8. The zero-order valence-corrected chi connectivity index (χ0v) is 11.8. The van der Waals surface area contributed by atoms with Gasteiger partial charge in [0.2, 0.25) is 10.0 Å². The number of hydrogen-bond donors (Lipinski definition) is 2. The molecule has 0 aliphatic carbocycles. The molecule has 0 saturated carbocycles. The molecule has 1 aromatic carbocycles. The van der Waals surface area contributed by atoms with Gasteiger partial charge in [0, 0.05) is 12.6 Å². The second-order valence-electron chi connectivity index (χ2n) is 4.66. The van der Waals surface area contributed by atoms with E-state index in [1.807, 2.05) is 44.2 Å². The molecule has 2 atom stereocenters. The van der Waals surface area contributed by atoms with E-state index in [4.69, 9.17) is 5.73 Å². The van der Waals surface area contributed by atoms with Gasteiger partial charge in [-0.1, -0.05) is 50.6 Å². The molecule has 3 N–H and O–H groups in total. The van der Waals surface area contributed by atoms with Gasteiger partial charge < -0.3 is 5.73 Å². The van der Waals surface area contributed by atoms with E-state index < -0.39 is 10.0 Å². The van der Waals surface area contributed by atoms with E-state index in [9.17, 15) is 8.42 Å². The predicted molar refractivity (Wildman–Crippen MR) is 74.6 cm³/mol. The van der Waals surface area contributed by atoms with Crippen molar-refractivity contribution in [1.29, 1.82) is 0 Å². The van der Waals surface area contributed by atoms with Gasteiger partial charge in [-0.2, -0.15) is 0 Å². The molecule has 4 nitrogen and oxygen atoms in total. The average Bonchev–Trinajstić information content (AvgIpc) is 2.36. The molecule has 18 heavy (non-hydrogen) atoms. The zero-order valence-electron chi connectivity index (χ0n) is 11.0. The van der Waals surface area contributed by atoms with Crippen molar-refractivity contribution in [2.45, 2.75) is 26.3 Å². The molecule has 0 aromatic heterocycles. The summed E-state index contributed by atoms with van der Waals surface area (Å²) in [6.45, 7) is 4.15. The standard InChI is InChI=1S/C13H22N2O2S/c1-3-11(2)10-18(16,17)15-9-13(14)12-7-5-4-6-8-12/h4-8,11,13,15H,3,9-10,14H2,1-2H3/t11-,13+/m0/s1. The van der Waals surface area contributed by atoms with Crippen molar-refractivity contribution in [3.63, 3.8) is 0 Å². The van der Waals surface area contributed by atoms with Crippen molar-refractivity contribution in [3.8, 4) is 0 Å². The van der Waals surface area contributed by atoms with Crippen LogP contribution in [0.4, 0.5) is 0 Å². The van der Waals surface area contributed by atoms with Gasteiger partial charge in [-0.05, 0) is 11.5 Å².